The number of nitrogens with zero attached hydrogens (tertiary/aromatic N) is 7. The van der Waals surface area contributed by atoms with Crippen LogP contribution < -0.4 is 0 Å². The first-order valence-electron chi connectivity index (χ1n) is 38.2. The molecule has 0 bridgehead atoms. The quantitative estimate of drug-likeness (QED) is 0.126. The van der Waals surface area contributed by atoms with Gasteiger partial charge in [0.2, 0.25) is 0 Å². The van der Waals surface area contributed by atoms with Crippen molar-refractivity contribution in [3.8, 4) is 129 Å². The maximum absolute atomic E-state index is 9.07. The highest BCUT2D eigenvalue weighted by Gasteiger charge is 2.18. The zero-order chi connectivity index (χ0) is 77.4. The molecule has 0 aliphatic carbocycles. The van der Waals surface area contributed by atoms with Gasteiger partial charge in [0.1, 0.15) is 22.8 Å². The molecule has 9 heteroatoms. The van der Waals surface area contributed by atoms with Crippen LogP contribution in [0.5, 0.6) is 0 Å². The van der Waals surface area contributed by atoms with E-state index < -0.39 is 0 Å². The number of fused-ring (bicyclic) bond motifs is 7. The second-order valence-electron chi connectivity index (χ2n) is 29.1. The highest BCUT2D eigenvalue weighted by atomic mass is 32.1. The van der Waals surface area contributed by atoms with Gasteiger partial charge in [-0.05, 0) is 246 Å². The molecule has 19 rings (SSSR count). The third-order valence-corrected chi connectivity index (χ3v) is 23.0. The van der Waals surface area contributed by atoms with Crippen molar-refractivity contribution in [1.29, 1.82) is 5.26 Å². The van der Waals surface area contributed by atoms with E-state index in [-0.39, 0.29) is 0 Å². The Bertz CT molecular complexity index is 6830. The standard InChI is InChI=1S/C37H28N2S.C36H27N3.C31H24N2O/c1-23-24(2)38-25(3)39-37(23)28-15-13-27(14-16-28)31-19-30(26-9-5-4-6-10-26)20-32(21-31)29-17-18-36-34(22-29)33-11-7-8-12-35(33)40-36;1-23-24(2)38-36(39-25(23)3)31-18-16-30(17-19-31)33-21-20-32(34-6-4-5-7-35(33)34)29-14-12-28(13-15-29)27-10-8-26(22-37)9-11-27;1-19-20(2)32-21(3)33-31(19)25-14-12-23(13-15-25)22-8-10-24(11-9-22)26-16-17-30-28(18-26)27-6-4-5-7-29(27)34-30/h4-22H,1-3H3;4-21H,1-3H3;4-18H,1-3H3. The van der Waals surface area contributed by atoms with Gasteiger partial charge in [0, 0.05) is 70.4 Å². The molecule has 0 aliphatic rings. The van der Waals surface area contributed by atoms with E-state index >= 15 is 0 Å². The summed E-state index contributed by atoms with van der Waals surface area (Å²) < 4.78 is 8.63. The van der Waals surface area contributed by atoms with Gasteiger partial charge in [0.15, 0.2) is 5.82 Å². The first kappa shape index (κ1) is 72.0. The van der Waals surface area contributed by atoms with Crippen LogP contribution >= 0.6 is 11.3 Å². The molecule has 5 aromatic heterocycles. The lowest BCUT2D eigenvalue weighted by Crippen LogP contribution is -1.99. The summed E-state index contributed by atoms with van der Waals surface area (Å²) >= 11 is 1.86. The average Bonchev–Trinajstić information content (AvgIpc) is 1.74. The molecule has 0 fully saturated rings. The van der Waals surface area contributed by atoms with E-state index in [0.29, 0.717) is 5.56 Å². The van der Waals surface area contributed by atoms with Crippen LogP contribution in [0.3, 0.4) is 0 Å². The Morgan fingerprint density at radius 2 is 0.602 bits per heavy atom. The lowest BCUT2D eigenvalue weighted by Gasteiger charge is -2.13. The number of furan rings is 1. The van der Waals surface area contributed by atoms with Crippen molar-refractivity contribution in [2.45, 2.75) is 62.3 Å². The van der Waals surface area contributed by atoms with E-state index in [2.05, 4.69) is 328 Å². The Labute approximate surface area is 662 Å². The zero-order valence-electron chi connectivity index (χ0n) is 64.5. The third kappa shape index (κ3) is 14.7. The lowest BCUT2D eigenvalue weighted by molar-refractivity contribution is 0.669. The largest absolute Gasteiger partial charge is 0.456 e. The van der Waals surface area contributed by atoms with Crippen molar-refractivity contribution in [3.05, 3.63) is 372 Å². The molecule has 542 valence electrons. The maximum Gasteiger partial charge on any atom is 0.159 e. The van der Waals surface area contributed by atoms with Crippen molar-refractivity contribution in [1.82, 2.24) is 29.9 Å². The van der Waals surface area contributed by atoms with Gasteiger partial charge in [0.05, 0.1) is 23.0 Å². The Balaban J connectivity index is 0.000000123. The molecular formula is C104H79N7OS. The Hall–Kier alpha value is -13.9. The summed E-state index contributed by atoms with van der Waals surface area (Å²) in [5.74, 6) is 2.38. The molecule has 0 radical (unpaired) electrons. The molecule has 0 aliphatic heterocycles. The Kier molecular flexibility index (Phi) is 19.7. The lowest BCUT2D eigenvalue weighted by atomic mass is 9.91. The predicted octanol–water partition coefficient (Wildman–Crippen LogP) is 27.8. The highest BCUT2D eigenvalue weighted by molar-refractivity contribution is 7.25. The van der Waals surface area contributed by atoms with Crippen LogP contribution in [0.25, 0.3) is 176 Å². The summed E-state index contributed by atoms with van der Waals surface area (Å²) in [6, 6.07) is 114. The number of nitriles is 1. The molecule has 0 unspecified atom stereocenters. The number of para-hydroxylation sites is 1. The fourth-order valence-corrected chi connectivity index (χ4v) is 16.3. The van der Waals surface area contributed by atoms with E-state index in [9.17, 15) is 0 Å². The van der Waals surface area contributed by atoms with Crippen LogP contribution in [0.1, 0.15) is 56.7 Å². The van der Waals surface area contributed by atoms with Gasteiger partial charge in [-0.15, -0.1) is 11.3 Å². The number of aromatic nitrogens is 6. The summed E-state index contributed by atoms with van der Waals surface area (Å²) in [7, 11) is 0. The minimum Gasteiger partial charge on any atom is -0.456 e. The monoisotopic (exact) mass is 1470 g/mol. The molecule has 0 atom stereocenters. The van der Waals surface area contributed by atoms with Gasteiger partial charge < -0.3 is 4.42 Å². The SMILES string of the molecule is Cc1nc(-c2ccc(-c3ccc(-c4ccc(-c5ccc(C#N)cc5)cc4)c4ccccc34)cc2)nc(C)c1C.Cc1nc(C)c(C)c(-c2ccc(-c3cc(-c4ccccc4)cc(-c4ccc5sc6ccccc6c5c4)c3)cc2)n1.Cc1nc(C)c(C)c(-c2ccc(-c3ccc(-c4ccc5oc6ccccc6c5c4)cc3)cc2)n1. The second-order valence-corrected chi connectivity index (χ2v) is 30.2. The van der Waals surface area contributed by atoms with Gasteiger partial charge in [0.25, 0.3) is 0 Å². The van der Waals surface area contributed by atoms with Crippen LogP contribution in [-0.2, 0) is 0 Å². The van der Waals surface area contributed by atoms with E-state index in [1.54, 1.807) is 0 Å². The van der Waals surface area contributed by atoms with Crippen LogP contribution in [0, 0.1) is 73.6 Å². The van der Waals surface area contributed by atoms with E-state index in [1.807, 2.05) is 82.4 Å². The van der Waals surface area contributed by atoms with E-state index in [1.165, 1.54) is 109 Å². The fraction of sp³-hybridized carbons (Fsp3) is 0.0865. The van der Waals surface area contributed by atoms with Crippen molar-refractivity contribution >= 4 is 64.2 Å². The Morgan fingerprint density at radius 3 is 1.12 bits per heavy atom. The van der Waals surface area contributed by atoms with Crippen molar-refractivity contribution in [2.24, 2.45) is 0 Å². The average molecular weight is 1470 g/mol. The molecule has 8 nitrogen and oxygen atoms in total. The third-order valence-electron chi connectivity index (χ3n) is 21.9. The van der Waals surface area contributed by atoms with Gasteiger partial charge >= 0.3 is 0 Å². The van der Waals surface area contributed by atoms with Crippen LogP contribution in [0.4, 0.5) is 0 Å². The molecule has 0 N–H and O–H groups in total. The number of thiophene rings is 1. The molecule has 0 saturated heterocycles. The number of benzene rings is 14. The minimum absolute atomic E-state index is 0.672. The molecule has 14 aromatic carbocycles. The van der Waals surface area contributed by atoms with Crippen molar-refractivity contribution in [3.63, 3.8) is 0 Å². The highest BCUT2D eigenvalue weighted by Crippen LogP contribution is 2.42. The number of rotatable bonds is 11. The zero-order valence-corrected chi connectivity index (χ0v) is 65.3. The molecule has 113 heavy (non-hydrogen) atoms. The number of hydrogen-bond donors (Lipinski definition) is 0. The second kappa shape index (κ2) is 30.9. The Morgan fingerprint density at radius 1 is 0.248 bits per heavy atom. The molecule has 19 aromatic rings. The maximum atomic E-state index is 9.07. The van der Waals surface area contributed by atoms with Gasteiger partial charge in [-0.1, -0.05) is 249 Å². The van der Waals surface area contributed by atoms with Crippen LogP contribution in [0.2, 0.25) is 0 Å². The van der Waals surface area contributed by atoms with Crippen molar-refractivity contribution in [2.75, 3.05) is 0 Å². The summed E-state index contributed by atoms with van der Waals surface area (Å²) in [6.45, 7) is 18.3. The van der Waals surface area contributed by atoms with Crippen LogP contribution in [0.15, 0.2) is 320 Å². The normalized spacial score (nSPS) is 11.2. The molecule has 5 heterocycles. The molecule has 0 amide bonds. The number of aryl methyl sites for hydroxylation is 6. The molecular weight excluding hydrogens is 1400 g/mol. The van der Waals surface area contributed by atoms with Gasteiger partial charge in [-0.3, -0.25) is 0 Å². The van der Waals surface area contributed by atoms with E-state index in [4.69, 9.17) is 24.6 Å². The summed E-state index contributed by atoms with van der Waals surface area (Å²) in [4.78, 5) is 27.8. The van der Waals surface area contributed by atoms with Gasteiger partial charge in [-0.25, -0.2) is 29.9 Å². The summed E-state index contributed by atoms with van der Waals surface area (Å²) in [5.41, 5.74) is 34.3. The first-order chi connectivity index (χ1) is 55.1. The predicted molar refractivity (Wildman–Crippen MR) is 471 cm³/mol. The number of hydrogen-bond acceptors (Lipinski definition) is 9. The smallest absolute Gasteiger partial charge is 0.159 e. The van der Waals surface area contributed by atoms with Crippen LogP contribution in [-0.4, -0.2) is 29.9 Å². The summed E-state index contributed by atoms with van der Waals surface area (Å²) in [6.07, 6.45) is 0. The van der Waals surface area contributed by atoms with E-state index in [0.717, 1.165) is 118 Å². The summed E-state index contributed by atoms with van der Waals surface area (Å²) in [5, 5.41) is 16.5. The fourth-order valence-electron chi connectivity index (χ4n) is 15.2. The molecule has 0 saturated carbocycles. The first-order valence-corrected chi connectivity index (χ1v) is 39.0. The minimum atomic E-state index is 0.672. The van der Waals surface area contributed by atoms with Crippen molar-refractivity contribution < 1.29 is 4.42 Å². The molecule has 0 spiro atoms. The van der Waals surface area contributed by atoms with Gasteiger partial charge in [-0.2, -0.15) is 5.26 Å². The topological polar surface area (TPSA) is 114 Å².